The molecule has 33 heavy (non-hydrogen) atoms. The molecule has 0 N–H and O–H groups in total. The molecule has 0 spiro atoms. The van der Waals surface area contributed by atoms with Crippen LogP contribution in [0.1, 0.15) is 162 Å². The second-order valence-corrected chi connectivity index (χ2v) is 12.2. The molecule has 0 saturated heterocycles. The van der Waals surface area contributed by atoms with Crippen molar-refractivity contribution in [2.75, 3.05) is 6.61 Å². The van der Waals surface area contributed by atoms with Crippen LogP contribution in [0.2, 0.25) is 0 Å². The largest absolute Gasteiger partial charge is 0.465 e. The Morgan fingerprint density at radius 2 is 1.24 bits per heavy atom. The molecule has 3 fully saturated rings. The highest BCUT2D eigenvalue weighted by atomic mass is 16.5. The molecule has 0 unspecified atom stereocenters. The molecule has 2 heteroatoms. The van der Waals surface area contributed by atoms with E-state index in [1.54, 1.807) is 0 Å². The highest BCUT2D eigenvalue weighted by Gasteiger charge is 2.57. The molecule has 0 heterocycles. The van der Waals surface area contributed by atoms with Crippen LogP contribution in [0.15, 0.2) is 0 Å². The van der Waals surface area contributed by atoms with Gasteiger partial charge in [0.05, 0.1) is 12.0 Å². The highest BCUT2D eigenvalue weighted by Crippen LogP contribution is 2.61. The fourth-order valence-electron chi connectivity index (χ4n) is 8.07. The zero-order chi connectivity index (χ0) is 23.4. The lowest BCUT2D eigenvalue weighted by molar-refractivity contribution is -0.175. The van der Waals surface area contributed by atoms with Gasteiger partial charge >= 0.3 is 5.97 Å². The first kappa shape index (κ1) is 27.1. The van der Waals surface area contributed by atoms with E-state index in [0.717, 1.165) is 31.1 Å². The molecule has 3 aliphatic carbocycles. The smallest absolute Gasteiger partial charge is 0.312 e. The molecule has 0 aromatic rings. The van der Waals surface area contributed by atoms with Gasteiger partial charge in [-0.25, -0.2) is 0 Å². The molecule has 0 aliphatic heterocycles. The zero-order valence-corrected chi connectivity index (χ0v) is 22.4. The number of rotatable bonds is 13. The van der Waals surface area contributed by atoms with Crippen LogP contribution in [-0.2, 0) is 9.53 Å². The lowest BCUT2D eigenvalue weighted by atomic mass is 9.49. The summed E-state index contributed by atoms with van der Waals surface area (Å²) in [6.45, 7) is 5.17. The van der Waals surface area contributed by atoms with E-state index in [2.05, 4.69) is 13.8 Å². The van der Waals surface area contributed by atoms with E-state index in [1.165, 1.54) is 128 Å². The predicted molar refractivity (Wildman–Crippen MR) is 140 cm³/mol. The van der Waals surface area contributed by atoms with Crippen LogP contribution in [0, 0.1) is 22.7 Å². The van der Waals surface area contributed by atoms with Crippen LogP contribution >= 0.6 is 0 Å². The summed E-state index contributed by atoms with van der Waals surface area (Å²) >= 11 is 0. The third kappa shape index (κ3) is 7.00. The quantitative estimate of drug-likeness (QED) is 0.202. The fourth-order valence-corrected chi connectivity index (χ4v) is 8.07. The Morgan fingerprint density at radius 3 is 1.91 bits per heavy atom. The van der Waals surface area contributed by atoms with Gasteiger partial charge in [0.1, 0.15) is 0 Å². The van der Waals surface area contributed by atoms with Crippen molar-refractivity contribution in [2.45, 2.75) is 162 Å². The van der Waals surface area contributed by atoms with E-state index < -0.39 is 0 Å². The Kier molecular flexibility index (Phi) is 11.6. The van der Waals surface area contributed by atoms with Gasteiger partial charge in [0.15, 0.2) is 0 Å². The van der Waals surface area contributed by atoms with Gasteiger partial charge in [-0.15, -0.1) is 0 Å². The SMILES string of the molecule is CCCCCCC[C@]1(C2(C(=O)OCCCCC)CCCCC2)CC[C@@H](C2CCCCC2)CC1. The third-order valence-corrected chi connectivity index (χ3v) is 10.2. The second kappa shape index (κ2) is 14.1. The lowest BCUT2D eigenvalue weighted by Gasteiger charge is -2.55. The molecule has 0 bridgehead atoms. The van der Waals surface area contributed by atoms with Gasteiger partial charge in [-0.3, -0.25) is 4.79 Å². The molecule has 3 rings (SSSR count). The molecular weight excluding hydrogens is 404 g/mol. The first-order valence-corrected chi connectivity index (χ1v) is 15.3. The van der Waals surface area contributed by atoms with Crippen LogP contribution in [-0.4, -0.2) is 12.6 Å². The zero-order valence-electron chi connectivity index (χ0n) is 22.4. The van der Waals surface area contributed by atoms with Crippen molar-refractivity contribution in [3.05, 3.63) is 0 Å². The standard InChI is InChI=1S/C31H56O2/c1-3-5-7-8-13-21-30(24-19-28(20-25-30)27-17-11-9-12-18-27)31(22-14-10-15-23-31)29(32)33-26-16-6-4-2/h27-28H,3-26H2,1-2H3/t28-,30+. The molecule has 3 saturated carbocycles. The maximum Gasteiger partial charge on any atom is 0.312 e. The van der Waals surface area contributed by atoms with Crippen LogP contribution in [0.4, 0.5) is 0 Å². The number of ether oxygens (including phenoxy) is 1. The van der Waals surface area contributed by atoms with E-state index in [1.807, 2.05) is 0 Å². The highest BCUT2D eigenvalue weighted by molar-refractivity contribution is 5.78. The fraction of sp³-hybridized carbons (Fsp3) is 0.968. The maximum atomic E-state index is 13.9. The van der Waals surface area contributed by atoms with Crippen molar-refractivity contribution >= 4 is 5.97 Å². The van der Waals surface area contributed by atoms with Crippen molar-refractivity contribution < 1.29 is 9.53 Å². The van der Waals surface area contributed by atoms with Crippen LogP contribution in [0.25, 0.3) is 0 Å². The summed E-state index contributed by atoms with van der Waals surface area (Å²) in [7, 11) is 0. The minimum absolute atomic E-state index is 0.181. The molecule has 0 aromatic heterocycles. The first-order valence-electron chi connectivity index (χ1n) is 15.3. The van der Waals surface area contributed by atoms with Crippen LogP contribution in [0.3, 0.4) is 0 Å². The van der Waals surface area contributed by atoms with Gasteiger partial charge in [0.2, 0.25) is 0 Å². The number of carbonyl (C=O) groups excluding carboxylic acids is 1. The van der Waals surface area contributed by atoms with Crippen LogP contribution in [0.5, 0.6) is 0 Å². The molecule has 0 amide bonds. The van der Waals surface area contributed by atoms with E-state index in [-0.39, 0.29) is 16.8 Å². The van der Waals surface area contributed by atoms with Crippen molar-refractivity contribution in [3.63, 3.8) is 0 Å². The summed E-state index contributed by atoms with van der Waals surface area (Å²) in [6, 6.07) is 0. The molecule has 192 valence electrons. The number of hydrogen-bond acceptors (Lipinski definition) is 2. The normalized spacial score (nSPS) is 28.5. The molecule has 0 aromatic carbocycles. The lowest BCUT2D eigenvalue weighted by Crippen LogP contribution is -2.52. The van der Waals surface area contributed by atoms with Crippen molar-refractivity contribution in [1.29, 1.82) is 0 Å². The number of carbonyl (C=O) groups is 1. The molecule has 3 aliphatic rings. The Labute approximate surface area is 206 Å². The molecule has 0 atom stereocenters. The van der Waals surface area contributed by atoms with Gasteiger partial charge in [0, 0.05) is 0 Å². The number of hydrogen-bond donors (Lipinski definition) is 0. The van der Waals surface area contributed by atoms with Crippen molar-refractivity contribution in [3.8, 4) is 0 Å². The summed E-state index contributed by atoms with van der Waals surface area (Å²) < 4.78 is 6.11. The van der Waals surface area contributed by atoms with E-state index in [9.17, 15) is 4.79 Å². The molecule has 0 radical (unpaired) electrons. The second-order valence-electron chi connectivity index (χ2n) is 12.2. The summed E-state index contributed by atoms with van der Waals surface area (Å²) in [5, 5.41) is 0. The minimum Gasteiger partial charge on any atom is -0.465 e. The predicted octanol–water partition coefficient (Wildman–Crippen LogP) is 9.79. The van der Waals surface area contributed by atoms with Gasteiger partial charge in [-0.05, 0) is 68.6 Å². The Hall–Kier alpha value is -0.530. The average Bonchev–Trinajstić information content (AvgIpc) is 2.87. The number of unbranched alkanes of at least 4 members (excludes halogenated alkanes) is 6. The Bertz CT molecular complexity index is 533. The van der Waals surface area contributed by atoms with E-state index >= 15 is 0 Å². The van der Waals surface area contributed by atoms with Crippen molar-refractivity contribution in [1.82, 2.24) is 0 Å². The molecular formula is C31H56O2. The molecule has 2 nitrogen and oxygen atoms in total. The minimum atomic E-state index is -0.181. The topological polar surface area (TPSA) is 26.3 Å². The first-order chi connectivity index (χ1) is 16.2. The summed E-state index contributed by atoms with van der Waals surface area (Å²) in [4.78, 5) is 13.9. The van der Waals surface area contributed by atoms with Gasteiger partial charge in [0.25, 0.3) is 0 Å². The van der Waals surface area contributed by atoms with Crippen LogP contribution < -0.4 is 0 Å². The number of esters is 1. The van der Waals surface area contributed by atoms with E-state index in [0.29, 0.717) is 6.61 Å². The Morgan fingerprint density at radius 1 is 0.667 bits per heavy atom. The monoisotopic (exact) mass is 460 g/mol. The Balaban J connectivity index is 1.73. The summed E-state index contributed by atoms with van der Waals surface area (Å²) in [5.41, 5.74) is 0.0341. The summed E-state index contributed by atoms with van der Waals surface area (Å²) in [6.07, 6.45) is 30.0. The van der Waals surface area contributed by atoms with Gasteiger partial charge in [-0.2, -0.15) is 0 Å². The van der Waals surface area contributed by atoms with Crippen molar-refractivity contribution in [2.24, 2.45) is 22.7 Å². The van der Waals surface area contributed by atoms with E-state index in [4.69, 9.17) is 4.74 Å². The summed E-state index contributed by atoms with van der Waals surface area (Å²) in [5.74, 6) is 2.12. The van der Waals surface area contributed by atoms with Gasteiger partial charge < -0.3 is 4.74 Å². The van der Waals surface area contributed by atoms with Gasteiger partial charge in [-0.1, -0.05) is 110 Å². The average molecular weight is 461 g/mol. The third-order valence-electron chi connectivity index (χ3n) is 10.2. The maximum absolute atomic E-state index is 13.9.